The molecule has 0 spiro atoms. The summed E-state index contributed by atoms with van der Waals surface area (Å²) >= 11 is 0. The third kappa shape index (κ3) is 2.12. The summed E-state index contributed by atoms with van der Waals surface area (Å²) in [7, 11) is -1.69. The minimum atomic E-state index is -3.36. The molecule has 0 radical (unpaired) electrons. The van der Waals surface area contributed by atoms with Gasteiger partial charge in [0, 0.05) is 19.3 Å². The zero-order chi connectivity index (χ0) is 11.6. The van der Waals surface area contributed by atoms with Gasteiger partial charge in [0.15, 0.2) is 0 Å². The molecule has 90 valence electrons. The van der Waals surface area contributed by atoms with E-state index in [9.17, 15) is 8.42 Å². The van der Waals surface area contributed by atoms with Crippen molar-refractivity contribution in [2.24, 2.45) is 0 Å². The fourth-order valence-corrected chi connectivity index (χ4v) is 3.51. The predicted molar refractivity (Wildman–Crippen MR) is 60.4 cm³/mol. The van der Waals surface area contributed by atoms with Gasteiger partial charge in [-0.05, 0) is 12.8 Å². The van der Waals surface area contributed by atoms with E-state index in [0.717, 1.165) is 25.7 Å². The highest BCUT2D eigenvalue weighted by atomic mass is 32.2. The van der Waals surface area contributed by atoms with Crippen LogP contribution in [-0.4, -0.2) is 36.0 Å². The maximum atomic E-state index is 12.2. The van der Waals surface area contributed by atoms with Gasteiger partial charge in [-0.1, -0.05) is 19.3 Å². The molecule has 1 aliphatic rings. The number of hydrogen-bond acceptors (Lipinski definition) is 3. The van der Waals surface area contributed by atoms with E-state index in [1.807, 2.05) is 0 Å². The Morgan fingerprint density at radius 3 is 2.62 bits per heavy atom. The van der Waals surface area contributed by atoms with Crippen molar-refractivity contribution in [2.75, 3.05) is 7.05 Å². The van der Waals surface area contributed by atoms with Crippen molar-refractivity contribution < 1.29 is 8.42 Å². The minimum Gasteiger partial charge on any atom is -0.284 e. The Hall–Kier alpha value is -0.880. The van der Waals surface area contributed by atoms with Crippen molar-refractivity contribution in [2.45, 2.75) is 43.0 Å². The Labute approximate surface area is 95.9 Å². The number of H-pyrrole nitrogens is 1. The SMILES string of the molecule is CN(C1CCCCC1)S(=O)(=O)c1cn[nH]c1. The number of aromatic amines is 1. The average molecular weight is 243 g/mol. The van der Waals surface area contributed by atoms with E-state index < -0.39 is 10.0 Å². The van der Waals surface area contributed by atoms with E-state index in [4.69, 9.17) is 0 Å². The van der Waals surface area contributed by atoms with E-state index in [0.29, 0.717) is 0 Å². The Bertz CT molecular complexity index is 421. The summed E-state index contributed by atoms with van der Waals surface area (Å²) in [5.74, 6) is 0. The molecule has 0 amide bonds. The summed E-state index contributed by atoms with van der Waals surface area (Å²) in [6.07, 6.45) is 8.17. The van der Waals surface area contributed by atoms with E-state index in [1.54, 1.807) is 7.05 Å². The van der Waals surface area contributed by atoms with Crippen LogP contribution in [0.3, 0.4) is 0 Å². The first-order chi connectivity index (χ1) is 7.62. The van der Waals surface area contributed by atoms with Gasteiger partial charge in [0.2, 0.25) is 10.0 Å². The van der Waals surface area contributed by atoms with Crippen molar-refractivity contribution in [3.8, 4) is 0 Å². The first kappa shape index (κ1) is 11.6. The predicted octanol–water partition coefficient (Wildman–Crippen LogP) is 1.36. The maximum absolute atomic E-state index is 12.2. The molecule has 1 aliphatic carbocycles. The molecule has 1 saturated carbocycles. The van der Waals surface area contributed by atoms with Crippen LogP contribution in [-0.2, 0) is 10.0 Å². The van der Waals surface area contributed by atoms with Crippen LogP contribution in [0, 0.1) is 0 Å². The van der Waals surface area contributed by atoms with Crippen LogP contribution in [0.1, 0.15) is 32.1 Å². The van der Waals surface area contributed by atoms with Crippen molar-refractivity contribution in [3.05, 3.63) is 12.4 Å². The van der Waals surface area contributed by atoms with Gasteiger partial charge in [-0.2, -0.15) is 9.40 Å². The molecule has 16 heavy (non-hydrogen) atoms. The van der Waals surface area contributed by atoms with Crippen LogP contribution in [0.15, 0.2) is 17.3 Å². The number of sulfonamides is 1. The first-order valence-electron chi connectivity index (χ1n) is 5.59. The number of aromatic nitrogens is 2. The van der Waals surface area contributed by atoms with Crippen molar-refractivity contribution in [1.29, 1.82) is 0 Å². The summed E-state index contributed by atoms with van der Waals surface area (Å²) < 4.78 is 25.8. The number of nitrogens with zero attached hydrogens (tertiary/aromatic N) is 2. The molecule has 2 rings (SSSR count). The third-order valence-corrected chi connectivity index (χ3v) is 5.11. The molecule has 5 nitrogen and oxygen atoms in total. The smallest absolute Gasteiger partial charge is 0.246 e. The van der Waals surface area contributed by atoms with Crippen molar-refractivity contribution >= 4 is 10.0 Å². The topological polar surface area (TPSA) is 66.1 Å². The maximum Gasteiger partial charge on any atom is 0.246 e. The van der Waals surface area contributed by atoms with Crippen LogP contribution in [0.2, 0.25) is 0 Å². The lowest BCUT2D eigenvalue weighted by Gasteiger charge is -2.29. The highest BCUT2D eigenvalue weighted by molar-refractivity contribution is 7.89. The van der Waals surface area contributed by atoms with Gasteiger partial charge in [-0.25, -0.2) is 8.42 Å². The molecule has 1 N–H and O–H groups in total. The van der Waals surface area contributed by atoms with Gasteiger partial charge < -0.3 is 0 Å². The Morgan fingerprint density at radius 1 is 1.38 bits per heavy atom. The molecular weight excluding hydrogens is 226 g/mol. The molecule has 0 aliphatic heterocycles. The lowest BCUT2D eigenvalue weighted by atomic mass is 9.96. The lowest BCUT2D eigenvalue weighted by Crippen LogP contribution is -2.38. The summed E-state index contributed by atoms with van der Waals surface area (Å²) in [5.41, 5.74) is 0. The molecule has 0 atom stereocenters. The second kappa shape index (κ2) is 4.55. The van der Waals surface area contributed by atoms with E-state index >= 15 is 0 Å². The Balaban J connectivity index is 2.17. The molecule has 0 aromatic carbocycles. The molecule has 1 aromatic rings. The summed E-state index contributed by atoms with van der Waals surface area (Å²) in [4.78, 5) is 0.251. The molecule has 1 heterocycles. The highest BCUT2D eigenvalue weighted by Crippen LogP contribution is 2.25. The standard InChI is InChI=1S/C10H17N3O2S/c1-13(9-5-3-2-4-6-9)16(14,15)10-7-11-12-8-10/h7-9H,2-6H2,1H3,(H,11,12). The van der Waals surface area contributed by atoms with Gasteiger partial charge >= 0.3 is 0 Å². The molecular formula is C10H17N3O2S. The lowest BCUT2D eigenvalue weighted by molar-refractivity contribution is 0.286. The quantitative estimate of drug-likeness (QED) is 0.871. The molecule has 1 aromatic heterocycles. The van der Waals surface area contributed by atoms with Crippen LogP contribution < -0.4 is 0 Å². The fraction of sp³-hybridized carbons (Fsp3) is 0.700. The fourth-order valence-electron chi connectivity index (χ4n) is 2.19. The largest absolute Gasteiger partial charge is 0.284 e. The second-order valence-electron chi connectivity index (χ2n) is 4.25. The highest BCUT2D eigenvalue weighted by Gasteiger charge is 2.29. The van der Waals surface area contributed by atoms with Crippen LogP contribution in [0.5, 0.6) is 0 Å². The second-order valence-corrected chi connectivity index (χ2v) is 6.24. The van der Waals surface area contributed by atoms with Crippen LogP contribution in [0.25, 0.3) is 0 Å². The van der Waals surface area contributed by atoms with E-state index in [-0.39, 0.29) is 10.9 Å². The molecule has 0 unspecified atom stereocenters. The van der Waals surface area contributed by atoms with Crippen molar-refractivity contribution in [3.63, 3.8) is 0 Å². The summed E-state index contributed by atoms with van der Waals surface area (Å²) in [5, 5.41) is 6.22. The Morgan fingerprint density at radius 2 is 2.06 bits per heavy atom. The van der Waals surface area contributed by atoms with Crippen molar-refractivity contribution in [1.82, 2.24) is 14.5 Å². The first-order valence-corrected chi connectivity index (χ1v) is 7.03. The number of hydrogen-bond donors (Lipinski definition) is 1. The number of rotatable bonds is 3. The van der Waals surface area contributed by atoms with Gasteiger partial charge in [0.25, 0.3) is 0 Å². The Kier molecular flexibility index (Phi) is 3.30. The van der Waals surface area contributed by atoms with Gasteiger partial charge in [0.1, 0.15) is 4.90 Å². The average Bonchev–Trinajstić information content (AvgIpc) is 2.83. The number of nitrogens with one attached hydrogen (secondary N) is 1. The zero-order valence-electron chi connectivity index (χ0n) is 9.39. The van der Waals surface area contributed by atoms with Crippen LogP contribution in [0.4, 0.5) is 0 Å². The molecule has 0 bridgehead atoms. The zero-order valence-corrected chi connectivity index (χ0v) is 10.2. The molecule has 1 fully saturated rings. The van der Waals surface area contributed by atoms with Gasteiger partial charge in [0.05, 0.1) is 6.20 Å². The normalized spacial score (nSPS) is 19.1. The van der Waals surface area contributed by atoms with Crippen LogP contribution >= 0.6 is 0 Å². The minimum absolute atomic E-state index is 0.147. The third-order valence-electron chi connectivity index (χ3n) is 3.24. The van der Waals surface area contributed by atoms with Gasteiger partial charge in [-0.3, -0.25) is 5.10 Å². The molecule has 6 heteroatoms. The monoisotopic (exact) mass is 243 g/mol. The van der Waals surface area contributed by atoms with E-state index in [1.165, 1.54) is 23.1 Å². The van der Waals surface area contributed by atoms with Gasteiger partial charge in [-0.15, -0.1) is 0 Å². The summed E-state index contributed by atoms with van der Waals surface area (Å²) in [6, 6.07) is 0.147. The summed E-state index contributed by atoms with van der Waals surface area (Å²) in [6.45, 7) is 0. The molecule has 0 saturated heterocycles. The van der Waals surface area contributed by atoms with E-state index in [2.05, 4.69) is 10.2 Å².